The number of furan rings is 2. The van der Waals surface area contributed by atoms with Crippen LogP contribution in [0.15, 0.2) is 118 Å². The Morgan fingerprint density at radius 3 is 1.09 bits per heavy atom. The number of halogens is 2. The van der Waals surface area contributed by atoms with Gasteiger partial charge in [0.15, 0.2) is 0 Å². The second-order valence-corrected chi connectivity index (χ2v) is 15.3. The van der Waals surface area contributed by atoms with Gasteiger partial charge in [0, 0.05) is 0 Å². The topological polar surface area (TPSA) is 26.3 Å². The molecule has 0 bridgehead atoms. The Balaban J connectivity index is 0.000000360. The van der Waals surface area contributed by atoms with E-state index in [-0.39, 0.29) is 39.7 Å². The summed E-state index contributed by atoms with van der Waals surface area (Å²) in [5.74, 6) is 4.88. The van der Waals surface area contributed by atoms with Crippen molar-refractivity contribution in [3.05, 3.63) is 169 Å². The molecule has 2 heterocycles. The van der Waals surface area contributed by atoms with Crippen LogP contribution < -0.4 is 0 Å². The molecule has 2 nitrogen and oxygen atoms in total. The van der Waals surface area contributed by atoms with E-state index in [1.54, 1.807) is 0 Å². The molecule has 304 valence electrons. The van der Waals surface area contributed by atoms with Gasteiger partial charge in [-0.15, -0.1) is 82.8 Å². The summed E-state index contributed by atoms with van der Waals surface area (Å²) in [6.07, 6.45) is 0. The number of hydrogen-bond donors (Lipinski definition) is 0. The van der Waals surface area contributed by atoms with E-state index in [1.165, 1.54) is 101 Å². The Labute approximate surface area is 377 Å². The first-order valence-corrected chi connectivity index (χ1v) is 23.1. The summed E-state index contributed by atoms with van der Waals surface area (Å²) in [6, 6.07) is 39.8. The van der Waals surface area contributed by atoms with E-state index in [1.807, 2.05) is 26.0 Å². The van der Waals surface area contributed by atoms with E-state index in [0.717, 1.165) is 34.2 Å². The average molecular weight is 905 g/mol. The van der Waals surface area contributed by atoms with Crippen LogP contribution in [0.25, 0.3) is 66.4 Å². The van der Waals surface area contributed by atoms with E-state index in [2.05, 4.69) is 159 Å². The Hall–Kier alpha value is -3.66. The van der Waals surface area contributed by atoms with Crippen molar-refractivity contribution in [2.24, 2.45) is 0 Å². The van der Waals surface area contributed by atoms with Crippen molar-refractivity contribution in [1.82, 2.24) is 0 Å². The molecular formula is C52H58Cl2O2SiZr-4. The number of aryl methyl sites for hydroxylation is 4. The zero-order chi connectivity index (χ0) is 38.8. The molecule has 0 spiro atoms. The zero-order valence-corrected chi connectivity index (χ0v) is 41.3. The Bertz CT molecular complexity index is 2370. The molecule has 0 aliphatic heterocycles. The zero-order valence-electron chi connectivity index (χ0n) is 36.2. The number of rotatable bonds is 6. The van der Waals surface area contributed by atoms with Crippen molar-refractivity contribution < 1.29 is 32.2 Å². The molecule has 8 aromatic rings. The summed E-state index contributed by atoms with van der Waals surface area (Å²) in [4.78, 5) is 0. The monoisotopic (exact) mass is 902 g/mol. The molecule has 0 aliphatic rings. The van der Waals surface area contributed by atoms with Gasteiger partial charge in [0.2, 0.25) is 0 Å². The molecule has 58 heavy (non-hydrogen) atoms. The molecule has 0 saturated heterocycles. The van der Waals surface area contributed by atoms with E-state index in [9.17, 15) is 0 Å². The van der Waals surface area contributed by atoms with Crippen molar-refractivity contribution >= 4 is 53.2 Å². The van der Waals surface area contributed by atoms with Crippen LogP contribution in [0.1, 0.15) is 84.4 Å². The third-order valence-corrected chi connectivity index (χ3v) is 10.8. The van der Waals surface area contributed by atoms with Gasteiger partial charge in [-0.25, -0.2) is 0 Å². The second kappa shape index (κ2) is 21.6. The van der Waals surface area contributed by atoms with Crippen LogP contribution in [-0.4, -0.2) is 6.88 Å². The predicted molar refractivity (Wildman–Crippen MR) is 255 cm³/mol. The molecule has 6 aromatic carbocycles. The number of fused-ring (bicyclic) bond motifs is 2. The molecule has 8 rings (SSSR count). The van der Waals surface area contributed by atoms with Crippen LogP contribution >= 0.6 is 24.8 Å². The van der Waals surface area contributed by atoms with Crippen LogP contribution in [0.4, 0.5) is 0 Å². The van der Waals surface area contributed by atoms with E-state index in [0.29, 0.717) is 11.8 Å². The minimum absolute atomic E-state index is 0. The maximum atomic E-state index is 5.85. The van der Waals surface area contributed by atoms with Crippen LogP contribution in [0.3, 0.4) is 0 Å². The van der Waals surface area contributed by atoms with Crippen LogP contribution in [-0.2, 0) is 23.3 Å². The molecule has 6 heteroatoms. The molecule has 0 N–H and O–H groups in total. The van der Waals surface area contributed by atoms with Gasteiger partial charge in [-0.2, -0.15) is 0 Å². The summed E-state index contributed by atoms with van der Waals surface area (Å²) in [5.41, 5.74) is 15.7. The summed E-state index contributed by atoms with van der Waals surface area (Å²) in [7, 11) is 0. The Kier molecular flexibility index (Phi) is 18.8. The van der Waals surface area contributed by atoms with Crippen LogP contribution in [0.2, 0.25) is 0 Å². The second-order valence-electron chi connectivity index (χ2n) is 15.3. The van der Waals surface area contributed by atoms with Gasteiger partial charge in [0.25, 0.3) is 0 Å². The van der Waals surface area contributed by atoms with Gasteiger partial charge >= 0.3 is 30.2 Å². The van der Waals surface area contributed by atoms with Crippen LogP contribution in [0.5, 0.6) is 0 Å². The van der Waals surface area contributed by atoms with E-state index < -0.39 is 0 Å². The van der Waals surface area contributed by atoms with Gasteiger partial charge in [-0.3, -0.25) is 0 Å². The predicted octanol–water partition coefficient (Wildman–Crippen LogP) is 16.4. The molecule has 0 unspecified atom stereocenters. The van der Waals surface area contributed by atoms with Crippen LogP contribution in [0, 0.1) is 56.4 Å². The van der Waals surface area contributed by atoms with Crippen molar-refractivity contribution in [1.29, 1.82) is 0 Å². The first kappa shape index (κ1) is 50.5. The molecule has 2 radical (unpaired) electrons. The standard InChI is InChI=1S/2C25H25O.2CH3.2ClH.Si.Zr/c2*1-15(2)19-7-9-20(10-8-19)25-18(5)16(3)12-21-13-22(14-23(21)25)24-11-6-17(4)26-24;;;;;;/h2*6-15H,1-5H3;2*1H3;2*1H;;/q4*-1;;;;. The van der Waals surface area contributed by atoms with Crippen molar-refractivity contribution in [2.75, 3.05) is 0 Å². The molecule has 0 fully saturated rings. The maximum absolute atomic E-state index is 5.85. The first-order valence-electron chi connectivity index (χ1n) is 18.9. The minimum atomic E-state index is 0. The van der Waals surface area contributed by atoms with E-state index in [4.69, 9.17) is 8.83 Å². The summed E-state index contributed by atoms with van der Waals surface area (Å²) in [6.45, 7) is 24.8. The molecule has 0 atom stereocenters. The van der Waals surface area contributed by atoms with Gasteiger partial charge < -0.3 is 23.7 Å². The summed E-state index contributed by atoms with van der Waals surface area (Å²) in [5, 5.41) is 5.16. The van der Waals surface area contributed by atoms with Crippen molar-refractivity contribution in [2.45, 2.75) is 81.1 Å². The fourth-order valence-electron chi connectivity index (χ4n) is 7.48. The molecule has 0 amide bonds. The molecule has 0 saturated carbocycles. The quantitative estimate of drug-likeness (QED) is 0.123. The fourth-order valence-corrected chi connectivity index (χ4v) is 7.48. The average Bonchev–Trinajstić information content (AvgIpc) is 3.98. The SMILES string of the molecule is Cc1ccc(-c2cc3c(-c4ccc(C(C)C)cc4)c(C)c(C)cc3[cH-]2)o1.Cc1ccc(-c2cc3c(-c4ccc(C(C)C)cc4)c(C)c(C)cc3[cH-]2)o1.Cl.Cl.[CH3-].[CH3-].[Si]=[Zr]. The van der Waals surface area contributed by atoms with Gasteiger partial charge in [0.1, 0.15) is 0 Å². The Morgan fingerprint density at radius 1 is 0.483 bits per heavy atom. The summed E-state index contributed by atoms with van der Waals surface area (Å²) >= 11 is 1.36. The first-order chi connectivity index (χ1) is 25.9. The normalized spacial score (nSPS) is 10.5. The fraction of sp³-hybridized carbons (Fsp3) is 0.231. The van der Waals surface area contributed by atoms with Gasteiger partial charge in [-0.05, 0) is 111 Å². The third kappa shape index (κ3) is 10.6. The number of benzene rings is 4. The summed E-state index contributed by atoms with van der Waals surface area (Å²) < 4.78 is 11.7. The van der Waals surface area contributed by atoms with Gasteiger partial charge in [0.05, 0.1) is 23.0 Å². The molecule has 2 aromatic heterocycles. The Morgan fingerprint density at radius 2 is 0.810 bits per heavy atom. The van der Waals surface area contributed by atoms with Crippen molar-refractivity contribution in [3.63, 3.8) is 0 Å². The van der Waals surface area contributed by atoms with Crippen molar-refractivity contribution in [3.8, 4) is 44.9 Å². The third-order valence-electron chi connectivity index (χ3n) is 10.8. The number of hydrogen-bond acceptors (Lipinski definition) is 2. The van der Waals surface area contributed by atoms with Gasteiger partial charge in [-0.1, -0.05) is 110 Å². The molecule has 0 aliphatic carbocycles. The van der Waals surface area contributed by atoms with E-state index >= 15 is 0 Å². The molecular weight excluding hydrogens is 847 g/mol.